The van der Waals surface area contributed by atoms with Gasteiger partial charge in [0.05, 0.1) is 10.8 Å². The number of hydrogen-bond donors (Lipinski definition) is 2. The molecule has 1 aliphatic rings. The van der Waals surface area contributed by atoms with Gasteiger partial charge in [-0.3, -0.25) is 14.3 Å². The Labute approximate surface area is 190 Å². The number of benzene rings is 2. The number of nitrogens with zero attached hydrogens (tertiary/aromatic N) is 2. The first-order valence-electron chi connectivity index (χ1n) is 9.94. The number of rotatable bonds is 6. The summed E-state index contributed by atoms with van der Waals surface area (Å²) in [5, 5.41) is 4.73. The Bertz CT molecular complexity index is 1260. The summed E-state index contributed by atoms with van der Waals surface area (Å²) in [7, 11) is -3.76. The lowest BCUT2D eigenvalue weighted by Gasteiger charge is -2.20. The van der Waals surface area contributed by atoms with E-state index in [2.05, 4.69) is 15.0 Å². The van der Waals surface area contributed by atoms with Crippen molar-refractivity contribution in [3.63, 3.8) is 0 Å². The lowest BCUT2D eigenvalue weighted by Crippen LogP contribution is -2.28. The highest BCUT2D eigenvalue weighted by Crippen LogP contribution is 2.30. The molecule has 166 valence electrons. The molecule has 8 nitrogen and oxygen atoms in total. The van der Waals surface area contributed by atoms with Gasteiger partial charge in [-0.15, -0.1) is 11.3 Å². The molecule has 10 heteroatoms. The molecule has 32 heavy (non-hydrogen) atoms. The second kappa shape index (κ2) is 8.71. The van der Waals surface area contributed by atoms with Gasteiger partial charge in [0.1, 0.15) is 0 Å². The van der Waals surface area contributed by atoms with Crippen molar-refractivity contribution in [3.8, 4) is 0 Å². The second-order valence-electron chi connectivity index (χ2n) is 7.58. The summed E-state index contributed by atoms with van der Waals surface area (Å²) in [6.07, 6.45) is 1.64. The third-order valence-electron chi connectivity index (χ3n) is 5.45. The van der Waals surface area contributed by atoms with E-state index in [0.29, 0.717) is 12.2 Å². The molecule has 2 amide bonds. The zero-order valence-electron chi connectivity index (χ0n) is 17.5. The minimum atomic E-state index is -3.76. The lowest BCUT2D eigenvalue weighted by molar-refractivity contribution is -0.122. The van der Waals surface area contributed by atoms with Gasteiger partial charge in [-0.2, -0.15) is 0 Å². The highest BCUT2D eigenvalue weighted by Gasteiger charge is 2.35. The van der Waals surface area contributed by atoms with Gasteiger partial charge >= 0.3 is 0 Å². The standard InChI is InChI=1S/C22H22N4O4S2/c1-14-4-3-5-19(15(14)2)26-13-16(12-20(26)27)21(28)24-17-6-8-18(9-7-17)32(29,30)25-22-23-10-11-31-22/h3-11,16H,12-13H2,1-2H3,(H,23,25)(H,24,28)/t16-/m1/s1. The Hall–Kier alpha value is -3.24. The molecule has 1 fully saturated rings. The summed E-state index contributed by atoms with van der Waals surface area (Å²) in [4.78, 5) is 30.9. The molecule has 3 aromatic rings. The third-order valence-corrected chi connectivity index (χ3v) is 7.62. The van der Waals surface area contributed by atoms with Crippen molar-refractivity contribution in [2.24, 2.45) is 5.92 Å². The fourth-order valence-corrected chi connectivity index (χ4v) is 5.34. The summed E-state index contributed by atoms with van der Waals surface area (Å²) < 4.78 is 27.3. The minimum Gasteiger partial charge on any atom is -0.326 e. The molecule has 2 heterocycles. The van der Waals surface area contributed by atoms with Crippen molar-refractivity contribution >= 4 is 49.7 Å². The van der Waals surface area contributed by atoms with Crippen LogP contribution in [0.3, 0.4) is 0 Å². The zero-order chi connectivity index (χ0) is 22.9. The third kappa shape index (κ3) is 4.51. The molecule has 1 aromatic heterocycles. The SMILES string of the molecule is Cc1cccc(N2C[C@H](C(=O)Nc3ccc(S(=O)(=O)Nc4nccs4)cc3)CC2=O)c1C. The second-order valence-corrected chi connectivity index (χ2v) is 10.2. The molecular weight excluding hydrogens is 448 g/mol. The van der Waals surface area contributed by atoms with Gasteiger partial charge in [0, 0.05) is 35.9 Å². The summed E-state index contributed by atoms with van der Waals surface area (Å²) in [6, 6.07) is 11.6. The maximum atomic E-state index is 12.8. The summed E-state index contributed by atoms with van der Waals surface area (Å²) >= 11 is 1.18. The fourth-order valence-electron chi connectivity index (χ4n) is 3.55. The maximum Gasteiger partial charge on any atom is 0.263 e. The van der Waals surface area contributed by atoms with E-state index in [9.17, 15) is 18.0 Å². The molecule has 1 saturated heterocycles. The number of carbonyl (C=O) groups is 2. The fraction of sp³-hybridized carbons (Fsp3) is 0.227. The predicted octanol–water partition coefficient (Wildman–Crippen LogP) is 3.55. The Kier molecular flexibility index (Phi) is 5.98. The highest BCUT2D eigenvalue weighted by molar-refractivity contribution is 7.93. The lowest BCUT2D eigenvalue weighted by atomic mass is 10.1. The van der Waals surface area contributed by atoms with E-state index < -0.39 is 15.9 Å². The largest absolute Gasteiger partial charge is 0.326 e. The van der Waals surface area contributed by atoms with Crippen LogP contribution in [-0.4, -0.2) is 31.8 Å². The van der Waals surface area contributed by atoms with E-state index in [-0.39, 0.29) is 28.3 Å². The van der Waals surface area contributed by atoms with Crippen molar-refractivity contribution in [1.29, 1.82) is 0 Å². The van der Waals surface area contributed by atoms with Gasteiger partial charge in [0.25, 0.3) is 10.0 Å². The zero-order valence-corrected chi connectivity index (χ0v) is 19.2. The number of carbonyl (C=O) groups excluding carboxylic acids is 2. The summed E-state index contributed by atoms with van der Waals surface area (Å²) in [6.45, 7) is 4.25. The average Bonchev–Trinajstić information content (AvgIpc) is 3.40. The van der Waals surface area contributed by atoms with E-state index in [0.717, 1.165) is 16.8 Å². The molecule has 2 N–H and O–H groups in total. The molecule has 0 unspecified atom stereocenters. The Morgan fingerprint density at radius 1 is 1.16 bits per heavy atom. The van der Waals surface area contributed by atoms with Crippen molar-refractivity contribution in [2.75, 3.05) is 21.5 Å². The minimum absolute atomic E-state index is 0.0582. The predicted molar refractivity (Wildman–Crippen MR) is 124 cm³/mol. The van der Waals surface area contributed by atoms with Crippen LogP contribution in [0.5, 0.6) is 0 Å². The van der Waals surface area contributed by atoms with E-state index in [1.54, 1.807) is 10.3 Å². The molecule has 0 bridgehead atoms. The van der Waals surface area contributed by atoms with Gasteiger partial charge in [-0.25, -0.2) is 13.4 Å². The summed E-state index contributed by atoms with van der Waals surface area (Å²) in [5.74, 6) is -0.853. The molecule has 4 rings (SSSR count). The molecule has 0 aliphatic carbocycles. The number of hydrogen-bond acceptors (Lipinski definition) is 6. The summed E-state index contributed by atoms with van der Waals surface area (Å²) in [5.41, 5.74) is 3.39. The quantitative estimate of drug-likeness (QED) is 0.573. The first kappa shape index (κ1) is 22.0. The van der Waals surface area contributed by atoms with Gasteiger partial charge in [-0.05, 0) is 55.3 Å². The van der Waals surface area contributed by atoms with Crippen molar-refractivity contribution in [1.82, 2.24) is 4.98 Å². The van der Waals surface area contributed by atoms with Crippen LogP contribution in [0.1, 0.15) is 17.5 Å². The van der Waals surface area contributed by atoms with Crippen molar-refractivity contribution < 1.29 is 18.0 Å². The molecule has 1 aliphatic heterocycles. The van der Waals surface area contributed by atoms with Gasteiger partial charge in [-0.1, -0.05) is 12.1 Å². The monoisotopic (exact) mass is 470 g/mol. The van der Waals surface area contributed by atoms with Crippen LogP contribution in [0.15, 0.2) is 58.9 Å². The number of sulfonamides is 1. The molecular formula is C22H22N4O4S2. The number of aromatic nitrogens is 1. The molecule has 1 atom stereocenters. The number of thiazole rings is 1. The van der Waals surface area contributed by atoms with Crippen molar-refractivity contribution in [3.05, 3.63) is 65.2 Å². The van der Waals surface area contributed by atoms with Crippen LogP contribution in [0.2, 0.25) is 0 Å². The van der Waals surface area contributed by atoms with E-state index in [1.807, 2.05) is 32.0 Å². The smallest absolute Gasteiger partial charge is 0.263 e. The van der Waals surface area contributed by atoms with Crippen LogP contribution in [0, 0.1) is 19.8 Å². The van der Waals surface area contributed by atoms with Crippen LogP contribution in [-0.2, 0) is 19.6 Å². The topological polar surface area (TPSA) is 108 Å². The Morgan fingerprint density at radius 3 is 2.59 bits per heavy atom. The van der Waals surface area contributed by atoms with E-state index in [4.69, 9.17) is 0 Å². The van der Waals surface area contributed by atoms with Crippen molar-refractivity contribution in [2.45, 2.75) is 25.2 Å². The maximum absolute atomic E-state index is 12.8. The van der Waals surface area contributed by atoms with Crippen LogP contribution >= 0.6 is 11.3 Å². The van der Waals surface area contributed by atoms with Crippen LogP contribution < -0.4 is 14.9 Å². The van der Waals surface area contributed by atoms with Gasteiger partial charge in [0.2, 0.25) is 11.8 Å². The Balaban J connectivity index is 1.42. The number of nitrogens with one attached hydrogen (secondary N) is 2. The molecule has 2 aromatic carbocycles. The number of amides is 2. The molecule has 0 radical (unpaired) electrons. The van der Waals surface area contributed by atoms with Crippen LogP contribution in [0.4, 0.5) is 16.5 Å². The molecule has 0 saturated carbocycles. The molecule has 0 spiro atoms. The number of anilines is 3. The van der Waals surface area contributed by atoms with Gasteiger partial charge in [0.15, 0.2) is 5.13 Å². The van der Waals surface area contributed by atoms with Crippen LogP contribution in [0.25, 0.3) is 0 Å². The Morgan fingerprint density at radius 2 is 1.91 bits per heavy atom. The highest BCUT2D eigenvalue weighted by atomic mass is 32.2. The average molecular weight is 471 g/mol. The first-order valence-corrected chi connectivity index (χ1v) is 12.3. The van der Waals surface area contributed by atoms with Gasteiger partial charge < -0.3 is 10.2 Å². The normalized spacial score (nSPS) is 16.2. The van der Waals surface area contributed by atoms with E-state index >= 15 is 0 Å². The van der Waals surface area contributed by atoms with E-state index in [1.165, 1.54) is 41.8 Å². The first-order chi connectivity index (χ1) is 15.2. The number of aryl methyl sites for hydroxylation is 1.